The van der Waals surface area contributed by atoms with Gasteiger partial charge in [0.25, 0.3) is 0 Å². The molecule has 2 unspecified atom stereocenters. The molecule has 3 heterocycles. The molecule has 0 aliphatic carbocycles. The maximum atomic E-state index is 6.04. The number of rotatable bonds is 1. The lowest BCUT2D eigenvalue weighted by atomic mass is 10.1. The van der Waals surface area contributed by atoms with Crippen molar-refractivity contribution in [3.63, 3.8) is 0 Å². The predicted octanol–water partition coefficient (Wildman–Crippen LogP) is 2.03. The first-order valence-electron chi connectivity index (χ1n) is 6.17. The number of nitrogens with two attached hydrogens (primary N) is 1. The molecule has 3 rings (SSSR count). The molecule has 16 heavy (non-hydrogen) atoms. The normalized spacial score (nSPS) is 30.1. The van der Waals surface area contributed by atoms with Crippen LogP contribution in [0.15, 0.2) is 0 Å². The molecule has 2 N–H and O–H groups in total. The van der Waals surface area contributed by atoms with Crippen LogP contribution in [0.4, 0.5) is 0 Å². The van der Waals surface area contributed by atoms with E-state index < -0.39 is 0 Å². The van der Waals surface area contributed by atoms with Crippen molar-refractivity contribution >= 4 is 11.8 Å². The molecule has 0 saturated carbocycles. The molecule has 5 heteroatoms. The van der Waals surface area contributed by atoms with E-state index in [0.717, 1.165) is 30.9 Å². The highest BCUT2D eigenvalue weighted by atomic mass is 32.2. The van der Waals surface area contributed by atoms with Gasteiger partial charge in [0, 0.05) is 6.42 Å². The minimum Gasteiger partial charge on any atom is -0.310 e. The van der Waals surface area contributed by atoms with Crippen LogP contribution in [0, 0.1) is 0 Å². The number of nitrogens with zero attached hydrogens (tertiary/aromatic N) is 3. The highest BCUT2D eigenvalue weighted by Crippen LogP contribution is 2.37. The molecule has 2 aliphatic rings. The molecule has 1 fully saturated rings. The van der Waals surface area contributed by atoms with Gasteiger partial charge in [-0.1, -0.05) is 6.42 Å². The number of hydrogen-bond acceptors (Lipinski definition) is 4. The van der Waals surface area contributed by atoms with E-state index in [1.54, 1.807) is 0 Å². The van der Waals surface area contributed by atoms with Crippen LogP contribution in [0.3, 0.4) is 0 Å². The summed E-state index contributed by atoms with van der Waals surface area (Å²) in [6.07, 6.45) is 7.16. The van der Waals surface area contributed by atoms with Crippen LogP contribution in [-0.2, 0) is 6.42 Å². The summed E-state index contributed by atoms with van der Waals surface area (Å²) in [6.45, 7) is 0. The zero-order chi connectivity index (χ0) is 11.0. The van der Waals surface area contributed by atoms with Crippen molar-refractivity contribution in [2.24, 2.45) is 5.73 Å². The average molecular weight is 238 g/mol. The van der Waals surface area contributed by atoms with E-state index in [9.17, 15) is 0 Å². The lowest BCUT2D eigenvalue weighted by Gasteiger charge is -2.19. The number of aromatic nitrogens is 3. The van der Waals surface area contributed by atoms with Gasteiger partial charge in [-0.25, -0.2) is 9.67 Å². The van der Waals surface area contributed by atoms with Crippen LogP contribution in [0.2, 0.25) is 0 Å². The molecule has 4 nitrogen and oxygen atoms in total. The number of thioether (sulfide) groups is 1. The van der Waals surface area contributed by atoms with Crippen molar-refractivity contribution in [1.82, 2.24) is 14.8 Å². The third-order valence-electron chi connectivity index (χ3n) is 3.40. The third kappa shape index (κ3) is 1.86. The Balaban J connectivity index is 1.85. The summed E-state index contributed by atoms with van der Waals surface area (Å²) in [5.41, 5.74) is 6.04. The summed E-state index contributed by atoms with van der Waals surface area (Å²) >= 11 is 2.00. The summed E-state index contributed by atoms with van der Waals surface area (Å²) in [5, 5.41) is 5.13. The van der Waals surface area contributed by atoms with Crippen molar-refractivity contribution in [3.05, 3.63) is 11.6 Å². The predicted molar refractivity (Wildman–Crippen MR) is 65.2 cm³/mol. The Labute approximate surface area is 100.0 Å². The van der Waals surface area contributed by atoms with E-state index in [-0.39, 0.29) is 6.17 Å². The smallest absolute Gasteiger partial charge is 0.163 e. The van der Waals surface area contributed by atoms with Gasteiger partial charge < -0.3 is 5.73 Å². The van der Waals surface area contributed by atoms with Crippen LogP contribution >= 0.6 is 11.8 Å². The molecular weight excluding hydrogens is 220 g/mol. The van der Waals surface area contributed by atoms with Gasteiger partial charge in [0.1, 0.15) is 12.0 Å². The topological polar surface area (TPSA) is 56.7 Å². The molecule has 1 aromatic heterocycles. The average Bonchev–Trinajstić information content (AvgIpc) is 2.76. The fraction of sp³-hybridized carbons (Fsp3) is 0.818. The SMILES string of the molecule is NC1CCCc2nc(C3CCCCS3)nn21. The van der Waals surface area contributed by atoms with Gasteiger partial charge in [0.15, 0.2) is 5.82 Å². The second-order valence-corrected chi connectivity index (χ2v) is 5.96. The maximum Gasteiger partial charge on any atom is 0.163 e. The minimum atomic E-state index is 0.0543. The summed E-state index contributed by atoms with van der Waals surface area (Å²) in [4.78, 5) is 4.68. The first-order valence-corrected chi connectivity index (χ1v) is 7.22. The molecule has 0 radical (unpaired) electrons. The van der Waals surface area contributed by atoms with Crippen LogP contribution in [-0.4, -0.2) is 20.5 Å². The fourth-order valence-electron chi connectivity index (χ4n) is 2.48. The van der Waals surface area contributed by atoms with Crippen molar-refractivity contribution in [1.29, 1.82) is 0 Å². The molecule has 2 aliphatic heterocycles. The van der Waals surface area contributed by atoms with Crippen LogP contribution in [0.5, 0.6) is 0 Å². The van der Waals surface area contributed by atoms with Crippen LogP contribution in [0.25, 0.3) is 0 Å². The number of fused-ring (bicyclic) bond motifs is 1. The Morgan fingerprint density at radius 1 is 1.25 bits per heavy atom. The molecule has 0 aromatic carbocycles. The lowest BCUT2D eigenvalue weighted by molar-refractivity contribution is 0.371. The molecule has 1 aromatic rings. The first kappa shape index (κ1) is 10.6. The van der Waals surface area contributed by atoms with Gasteiger partial charge in [-0.2, -0.15) is 16.9 Å². The summed E-state index contributed by atoms with van der Waals surface area (Å²) in [5.74, 6) is 3.37. The van der Waals surface area contributed by atoms with Crippen molar-refractivity contribution in [3.8, 4) is 0 Å². The van der Waals surface area contributed by atoms with Crippen molar-refractivity contribution in [2.45, 2.75) is 49.9 Å². The lowest BCUT2D eigenvalue weighted by Crippen LogP contribution is -2.25. The number of aryl methyl sites for hydroxylation is 1. The molecule has 0 amide bonds. The third-order valence-corrected chi connectivity index (χ3v) is 4.77. The van der Waals surface area contributed by atoms with Gasteiger partial charge in [0.05, 0.1) is 5.25 Å². The quantitative estimate of drug-likeness (QED) is 0.813. The van der Waals surface area contributed by atoms with E-state index in [2.05, 4.69) is 10.1 Å². The van der Waals surface area contributed by atoms with Gasteiger partial charge in [-0.05, 0) is 31.4 Å². The van der Waals surface area contributed by atoms with Crippen molar-refractivity contribution in [2.75, 3.05) is 5.75 Å². The van der Waals surface area contributed by atoms with E-state index in [0.29, 0.717) is 5.25 Å². The Morgan fingerprint density at radius 2 is 2.19 bits per heavy atom. The Hall–Kier alpha value is -0.550. The fourth-order valence-corrected chi connectivity index (χ4v) is 3.72. The van der Waals surface area contributed by atoms with Gasteiger partial charge in [-0.3, -0.25) is 0 Å². The minimum absolute atomic E-state index is 0.0543. The zero-order valence-corrected chi connectivity index (χ0v) is 10.2. The van der Waals surface area contributed by atoms with Crippen molar-refractivity contribution < 1.29 is 0 Å². The van der Waals surface area contributed by atoms with Crippen LogP contribution < -0.4 is 5.73 Å². The molecule has 0 spiro atoms. The second kappa shape index (κ2) is 4.37. The summed E-state index contributed by atoms with van der Waals surface area (Å²) in [6, 6.07) is 0. The Morgan fingerprint density at radius 3 is 2.94 bits per heavy atom. The highest BCUT2D eigenvalue weighted by Gasteiger charge is 2.25. The molecule has 0 bridgehead atoms. The Kier molecular flexibility index (Phi) is 2.90. The second-order valence-electron chi connectivity index (χ2n) is 4.65. The van der Waals surface area contributed by atoms with E-state index in [4.69, 9.17) is 5.73 Å². The monoisotopic (exact) mass is 238 g/mol. The Bertz CT molecular complexity index is 370. The van der Waals surface area contributed by atoms with E-state index >= 15 is 0 Å². The molecule has 1 saturated heterocycles. The standard InChI is InChI=1S/C11H18N4S/c12-9-5-3-6-10-13-11(14-15(9)10)8-4-1-2-7-16-8/h8-9H,1-7,12H2. The maximum absolute atomic E-state index is 6.04. The first-order chi connectivity index (χ1) is 7.84. The van der Waals surface area contributed by atoms with Gasteiger partial charge in [-0.15, -0.1) is 0 Å². The van der Waals surface area contributed by atoms with Gasteiger partial charge >= 0.3 is 0 Å². The zero-order valence-electron chi connectivity index (χ0n) is 9.43. The highest BCUT2D eigenvalue weighted by molar-refractivity contribution is 7.99. The number of hydrogen-bond donors (Lipinski definition) is 1. The largest absolute Gasteiger partial charge is 0.310 e. The van der Waals surface area contributed by atoms with E-state index in [1.807, 2.05) is 16.4 Å². The molecule has 88 valence electrons. The van der Waals surface area contributed by atoms with Gasteiger partial charge in [0.2, 0.25) is 0 Å². The summed E-state index contributed by atoms with van der Waals surface area (Å²) in [7, 11) is 0. The molecule has 2 atom stereocenters. The summed E-state index contributed by atoms with van der Waals surface area (Å²) < 4.78 is 1.95. The van der Waals surface area contributed by atoms with Crippen LogP contribution in [0.1, 0.15) is 55.2 Å². The molecular formula is C11H18N4S. The van der Waals surface area contributed by atoms with E-state index in [1.165, 1.54) is 25.0 Å².